The molecule has 1 aromatic rings. The molecule has 2 N–H and O–H groups in total. The fourth-order valence-corrected chi connectivity index (χ4v) is 2.41. The average Bonchev–Trinajstić information content (AvgIpc) is 2.76. The number of nitrogens with two attached hydrogens (primary N) is 1. The molecule has 2 atom stereocenters. The molecule has 0 aliphatic heterocycles. The Balaban J connectivity index is 1.97. The summed E-state index contributed by atoms with van der Waals surface area (Å²) in [4.78, 5) is 6.67. The van der Waals surface area contributed by atoms with Crippen LogP contribution >= 0.6 is 0 Å². The van der Waals surface area contributed by atoms with Gasteiger partial charge in [-0.25, -0.2) is 4.98 Å². The van der Waals surface area contributed by atoms with Gasteiger partial charge in [-0.2, -0.15) is 0 Å². The first-order valence-electron chi connectivity index (χ1n) is 5.60. The van der Waals surface area contributed by atoms with Gasteiger partial charge < -0.3 is 10.3 Å². The molecule has 0 aromatic carbocycles. The molecule has 4 nitrogen and oxygen atoms in total. The minimum Gasteiger partial charge on any atom is -0.337 e. The summed E-state index contributed by atoms with van der Waals surface area (Å²) in [5.41, 5.74) is 6.08. The second-order valence-electron chi connectivity index (χ2n) is 4.53. The molecule has 0 bridgehead atoms. The Labute approximate surface area is 91.1 Å². The molecule has 2 rings (SSSR count). The van der Waals surface area contributed by atoms with Crippen LogP contribution < -0.4 is 5.73 Å². The standard InChI is InChI=1S/C11H20N4/c1-14-7-6-13-11(14)8-15(2)10-5-3-4-9(10)12/h6-7,9-10H,3-5,8,12H2,1-2H3. The highest BCUT2D eigenvalue weighted by molar-refractivity contribution is 4.94. The van der Waals surface area contributed by atoms with Crippen molar-refractivity contribution in [2.24, 2.45) is 12.8 Å². The van der Waals surface area contributed by atoms with Crippen molar-refractivity contribution in [3.63, 3.8) is 0 Å². The van der Waals surface area contributed by atoms with Gasteiger partial charge in [0.05, 0.1) is 6.54 Å². The van der Waals surface area contributed by atoms with E-state index in [1.165, 1.54) is 12.8 Å². The molecule has 84 valence electrons. The highest BCUT2D eigenvalue weighted by Crippen LogP contribution is 2.22. The Kier molecular flexibility index (Phi) is 3.07. The second kappa shape index (κ2) is 4.33. The van der Waals surface area contributed by atoms with Gasteiger partial charge in [-0.1, -0.05) is 6.42 Å². The van der Waals surface area contributed by atoms with Gasteiger partial charge in [-0.15, -0.1) is 0 Å². The third-order valence-corrected chi connectivity index (χ3v) is 3.41. The van der Waals surface area contributed by atoms with E-state index < -0.39 is 0 Å². The Morgan fingerprint density at radius 3 is 2.93 bits per heavy atom. The lowest BCUT2D eigenvalue weighted by molar-refractivity contribution is 0.213. The number of imidazole rings is 1. The van der Waals surface area contributed by atoms with Gasteiger partial charge in [-0.3, -0.25) is 4.90 Å². The summed E-state index contributed by atoms with van der Waals surface area (Å²) in [6.07, 6.45) is 7.48. The van der Waals surface area contributed by atoms with Crippen LogP contribution in [0.2, 0.25) is 0 Å². The summed E-state index contributed by atoms with van der Waals surface area (Å²) in [5, 5.41) is 0. The van der Waals surface area contributed by atoms with Crippen molar-refractivity contribution < 1.29 is 0 Å². The van der Waals surface area contributed by atoms with Gasteiger partial charge >= 0.3 is 0 Å². The van der Waals surface area contributed by atoms with Crippen molar-refractivity contribution in [2.45, 2.75) is 37.9 Å². The van der Waals surface area contributed by atoms with E-state index in [1.807, 2.05) is 19.4 Å². The Bertz CT molecular complexity index is 320. The quantitative estimate of drug-likeness (QED) is 0.796. The molecule has 1 fully saturated rings. The van der Waals surface area contributed by atoms with Crippen LogP contribution in [0, 0.1) is 0 Å². The summed E-state index contributed by atoms with van der Waals surface area (Å²) >= 11 is 0. The normalized spacial score (nSPS) is 26.4. The van der Waals surface area contributed by atoms with Crippen LogP contribution in [0.4, 0.5) is 0 Å². The first kappa shape index (κ1) is 10.6. The number of aromatic nitrogens is 2. The zero-order valence-corrected chi connectivity index (χ0v) is 9.56. The van der Waals surface area contributed by atoms with Crippen molar-refractivity contribution >= 4 is 0 Å². The maximum absolute atomic E-state index is 6.08. The van der Waals surface area contributed by atoms with Crippen LogP contribution in [0.25, 0.3) is 0 Å². The van der Waals surface area contributed by atoms with Gasteiger partial charge in [0.15, 0.2) is 0 Å². The topological polar surface area (TPSA) is 47.1 Å². The molecule has 1 aliphatic rings. The lowest BCUT2D eigenvalue weighted by Crippen LogP contribution is -2.42. The molecular weight excluding hydrogens is 188 g/mol. The predicted molar refractivity (Wildman–Crippen MR) is 60.3 cm³/mol. The monoisotopic (exact) mass is 208 g/mol. The van der Waals surface area contributed by atoms with Crippen LogP contribution in [-0.4, -0.2) is 33.6 Å². The molecule has 1 heterocycles. The summed E-state index contributed by atoms with van der Waals surface area (Å²) in [6.45, 7) is 0.891. The number of nitrogens with zero attached hydrogens (tertiary/aromatic N) is 3. The van der Waals surface area contributed by atoms with Crippen molar-refractivity contribution in [3.05, 3.63) is 18.2 Å². The minimum absolute atomic E-state index is 0.343. The molecule has 1 aromatic heterocycles. The lowest BCUT2D eigenvalue weighted by Gasteiger charge is -2.27. The van der Waals surface area contributed by atoms with Gasteiger partial charge in [-0.05, 0) is 19.9 Å². The number of hydrogen-bond acceptors (Lipinski definition) is 3. The molecule has 15 heavy (non-hydrogen) atoms. The third kappa shape index (κ3) is 2.21. The Morgan fingerprint density at radius 1 is 1.60 bits per heavy atom. The summed E-state index contributed by atoms with van der Waals surface area (Å²) in [5.74, 6) is 1.11. The molecule has 1 aliphatic carbocycles. The SMILES string of the molecule is CN(Cc1nccn1C)C1CCCC1N. The first-order valence-corrected chi connectivity index (χ1v) is 5.60. The number of aryl methyl sites for hydroxylation is 1. The summed E-state index contributed by atoms with van der Waals surface area (Å²) in [6, 6.07) is 0.872. The molecule has 2 unspecified atom stereocenters. The fraction of sp³-hybridized carbons (Fsp3) is 0.727. The molecule has 1 saturated carbocycles. The van der Waals surface area contributed by atoms with E-state index in [9.17, 15) is 0 Å². The van der Waals surface area contributed by atoms with E-state index in [1.54, 1.807) is 0 Å². The largest absolute Gasteiger partial charge is 0.337 e. The molecule has 0 amide bonds. The van der Waals surface area contributed by atoms with Crippen LogP contribution in [-0.2, 0) is 13.6 Å². The first-order chi connectivity index (χ1) is 7.18. The fourth-order valence-electron chi connectivity index (χ4n) is 2.41. The molecule has 4 heteroatoms. The van der Waals surface area contributed by atoms with Crippen LogP contribution in [0.1, 0.15) is 25.1 Å². The van der Waals surface area contributed by atoms with Gasteiger partial charge in [0.1, 0.15) is 5.82 Å². The smallest absolute Gasteiger partial charge is 0.122 e. The minimum atomic E-state index is 0.343. The number of hydrogen-bond donors (Lipinski definition) is 1. The summed E-state index contributed by atoms with van der Waals surface area (Å²) < 4.78 is 2.07. The predicted octanol–water partition coefficient (Wildman–Crippen LogP) is 0.732. The van der Waals surface area contributed by atoms with Gasteiger partial charge in [0, 0.05) is 31.5 Å². The van der Waals surface area contributed by atoms with E-state index >= 15 is 0 Å². The highest BCUT2D eigenvalue weighted by Gasteiger charge is 2.27. The van der Waals surface area contributed by atoms with Crippen molar-refractivity contribution in [2.75, 3.05) is 7.05 Å². The second-order valence-corrected chi connectivity index (χ2v) is 4.53. The van der Waals surface area contributed by atoms with Crippen molar-refractivity contribution in [1.82, 2.24) is 14.5 Å². The van der Waals surface area contributed by atoms with Crippen molar-refractivity contribution in [3.8, 4) is 0 Å². The van der Waals surface area contributed by atoms with Crippen LogP contribution in [0.5, 0.6) is 0 Å². The summed E-state index contributed by atoms with van der Waals surface area (Å²) in [7, 11) is 4.18. The Morgan fingerprint density at radius 2 is 2.40 bits per heavy atom. The number of likely N-dealkylation sites (N-methyl/N-ethyl adjacent to an activating group) is 1. The van der Waals surface area contributed by atoms with Gasteiger partial charge in [0.25, 0.3) is 0 Å². The molecule has 0 radical (unpaired) electrons. The van der Waals surface area contributed by atoms with E-state index in [0.29, 0.717) is 12.1 Å². The number of rotatable bonds is 3. The van der Waals surface area contributed by atoms with Crippen LogP contribution in [0.15, 0.2) is 12.4 Å². The van der Waals surface area contributed by atoms with Crippen molar-refractivity contribution in [1.29, 1.82) is 0 Å². The maximum Gasteiger partial charge on any atom is 0.122 e. The molecular formula is C11H20N4. The maximum atomic E-state index is 6.08. The van der Waals surface area contributed by atoms with Crippen LogP contribution in [0.3, 0.4) is 0 Å². The van der Waals surface area contributed by atoms with Gasteiger partial charge in [0.2, 0.25) is 0 Å². The Hall–Kier alpha value is -0.870. The third-order valence-electron chi connectivity index (χ3n) is 3.41. The average molecular weight is 208 g/mol. The zero-order valence-electron chi connectivity index (χ0n) is 9.56. The van der Waals surface area contributed by atoms with E-state index in [4.69, 9.17) is 5.73 Å². The molecule has 0 saturated heterocycles. The van der Waals surface area contributed by atoms with E-state index in [0.717, 1.165) is 18.8 Å². The zero-order chi connectivity index (χ0) is 10.8. The lowest BCUT2D eigenvalue weighted by atomic mass is 10.1. The molecule has 0 spiro atoms. The van der Waals surface area contributed by atoms with E-state index in [-0.39, 0.29) is 0 Å². The highest BCUT2D eigenvalue weighted by atomic mass is 15.2. The van der Waals surface area contributed by atoms with E-state index in [2.05, 4.69) is 21.5 Å².